The molecule has 0 spiro atoms. The molecule has 3 aromatic heterocycles. The minimum atomic E-state index is 0.418. The monoisotopic (exact) mass is 658 g/mol. The number of H-pyrrole nitrogens is 2. The Morgan fingerprint density at radius 1 is 0.458 bits per heavy atom. The molecular formula is C40H26N4O2S2. The molecule has 0 saturated heterocycles. The lowest BCUT2D eigenvalue weighted by atomic mass is 10.0. The SMILES string of the molecule is S=C1OCC=C1c1c2nc(c(C3=CCOC3=S)c3ccc([nH]3)c(-c3ccccc3)c3nc(c(-c4ccccc4)c4ccc1[nH]4)C=C3)C=C2. The number of hydrogen-bond donors (Lipinski definition) is 2. The van der Waals surface area contributed by atoms with Crippen molar-refractivity contribution in [3.63, 3.8) is 0 Å². The second kappa shape index (κ2) is 11.5. The first-order chi connectivity index (χ1) is 23.6. The van der Waals surface area contributed by atoms with Crippen LogP contribution in [0.5, 0.6) is 0 Å². The average molecular weight is 659 g/mol. The Morgan fingerprint density at radius 2 is 0.812 bits per heavy atom. The molecule has 0 saturated carbocycles. The van der Waals surface area contributed by atoms with Crippen LogP contribution in [0.2, 0.25) is 0 Å². The highest BCUT2D eigenvalue weighted by Crippen LogP contribution is 2.38. The lowest BCUT2D eigenvalue weighted by Crippen LogP contribution is -2.00. The predicted molar refractivity (Wildman–Crippen MR) is 203 cm³/mol. The third-order valence-corrected chi connectivity index (χ3v) is 9.54. The maximum Gasteiger partial charge on any atom is 0.192 e. The van der Waals surface area contributed by atoms with Gasteiger partial charge < -0.3 is 19.4 Å². The fourth-order valence-corrected chi connectivity index (χ4v) is 7.23. The van der Waals surface area contributed by atoms with E-state index in [0.717, 1.165) is 89.4 Å². The van der Waals surface area contributed by atoms with Gasteiger partial charge in [0, 0.05) is 55.5 Å². The average Bonchev–Trinajstić information content (AvgIpc) is 3.96. The van der Waals surface area contributed by atoms with Gasteiger partial charge in [-0.15, -0.1) is 0 Å². The second-order valence-electron chi connectivity index (χ2n) is 11.7. The maximum absolute atomic E-state index is 5.75. The van der Waals surface area contributed by atoms with E-state index >= 15 is 0 Å². The largest absolute Gasteiger partial charge is 0.479 e. The standard InChI is InChI=1S/C40H26N4O2S2/c47-39-25(19-21-45-39)37-31-15-13-29(42-31)35(23-7-3-1-4-8-23)27-11-12-28(41-27)36(24-9-5-2-6-10-24)30-14-16-32(43-30)38(26-20-22-46-40(26)48)34-18-17-33(37)44-34/h1-20,42-43H,21-22H2. The van der Waals surface area contributed by atoms with Crippen molar-refractivity contribution in [3.05, 3.63) is 131 Å². The summed E-state index contributed by atoms with van der Waals surface area (Å²) in [4.78, 5) is 18.0. The number of nitrogens with zero attached hydrogens (tertiary/aromatic N) is 2. The van der Waals surface area contributed by atoms with Crippen LogP contribution < -0.4 is 0 Å². The Labute approximate surface area is 286 Å². The summed E-state index contributed by atoms with van der Waals surface area (Å²) in [5, 5.41) is 0.898. The molecule has 8 heteroatoms. The van der Waals surface area contributed by atoms with Crippen molar-refractivity contribution in [2.24, 2.45) is 0 Å². The molecule has 5 aromatic rings. The summed E-state index contributed by atoms with van der Waals surface area (Å²) in [6.07, 6.45) is 12.3. The zero-order chi connectivity index (χ0) is 32.2. The molecule has 4 aliphatic rings. The van der Waals surface area contributed by atoms with E-state index in [4.69, 9.17) is 43.9 Å². The van der Waals surface area contributed by atoms with Gasteiger partial charge in [-0.3, -0.25) is 0 Å². The number of fused-ring (bicyclic) bond motifs is 8. The van der Waals surface area contributed by atoms with E-state index in [2.05, 4.69) is 70.7 Å². The number of aromatic amines is 2. The Balaban J connectivity index is 1.48. The van der Waals surface area contributed by atoms with Crippen molar-refractivity contribution in [2.45, 2.75) is 0 Å². The molecule has 0 radical (unpaired) electrons. The smallest absolute Gasteiger partial charge is 0.192 e. The molecule has 0 unspecified atom stereocenters. The number of ether oxygens (including phenoxy) is 2. The maximum atomic E-state index is 5.75. The van der Waals surface area contributed by atoms with Crippen molar-refractivity contribution in [1.82, 2.24) is 19.9 Å². The third-order valence-electron chi connectivity index (χ3n) is 8.86. The summed E-state index contributed by atoms with van der Waals surface area (Å²) in [5.41, 5.74) is 14.4. The minimum absolute atomic E-state index is 0.418. The van der Waals surface area contributed by atoms with Crippen LogP contribution in [0.3, 0.4) is 0 Å². The van der Waals surface area contributed by atoms with Gasteiger partial charge in [0.2, 0.25) is 0 Å². The van der Waals surface area contributed by atoms with E-state index in [0.29, 0.717) is 23.3 Å². The first-order valence-electron chi connectivity index (χ1n) is 15.6. The van der Waals surface area contributed by atoms with Gasteiger partial charge in [0.25, 0.3) is 0 Å². The first-order valence-corrected chi connectivity index (χ1v) is 16.5. The normalized spacial score (nSPS) is 15.0. The Hall–Kier alpha value is -5.70. The number of hydrogen-bond acceptors (Lipinski definition) is 6. The van der Waals surface area contributed by atoms with E-state index in [9.17, 15) is 0 Å². The van der Waals surface area contributed by atoms with Gasteiger partial charge in [-0.05, 0) is 96.3 Å². The lowest BCUT2D eigenvalue weighted by Gasteiger charge is -2.07. The summed E-state index contributed by atoms with van der Waals surface area (Å²) in [7, 11) is 0. The zero-order valence-corrected chi connectivity index (χ0v) is 27.1. The molecule has 8 bridgehead atoms. The molecule has 0 atom stereocenters. The van der Waals surface area contributed by atoms with Crippen LogP contribution in [-0.4, -0.2) is 43.3 Å². The highest BCUT2D eigenvalue weighted by atomic mass is 32.1. The van der Waals surface area contributed by atoms with Crippen molar-refractivity contribution in [1.29, 1.82) is 0 Å². The summed E-state index contributed by atoms with van der Waals surface area (Å²) in [6.45, 7) is 0.837. The number of aromatic nitrogens is 4. The van der Waals surface area contributed by atoms with Crippen LogP contribution in [0.4, 0.5) is 0 Å². The van der Waals surface area contributed by atoms with Gasteiger partial charge in [0.1, 0.15) is 13.2 Å². The molecule has 0 aliphatic carbocycles. The molecular weight excluding hydrogens is 633 g/mol. The molecule has 6 nitrogen and oxygen atoms in total. The van der Waals surface area contributed by atoms with Crippen LogP contribution in [0.1, 0.15) is 33.9 Å². The molecule has 0 fully saturated rings. The van der Waals surface area contributed by atoms with E-state index in [1.807, 2.05) is 60.7 Å². The van der Waals surface area contributed by atoms with Crippen LogP contribution >= 0.6 is 24.4 Å². The minimum Gasteiger partial charge on any atom is -0.479 e. The van der Waals surface area contributed by atoms with E-state index < -0.39 is 0 Å². The van der Waals surface area contributed by atoms with Crippen molar-refractivity contribution in [3.8, 4) is 22.3 Å². The van der Waals surface area contributed by atoms with E-state index in [-0.39, 0.29) is 0 Å². The second-order valence-corrected chi connectivity index (χ2v) is 12.4. The summed E-state index contributed by atoms with van der Waals surface area (Å²) < 4.78 is 11.5. The molecule has 9 rings (SSSR count). The lowest BCUT2D eigenvalue weighted by molar-refractivity contribution is 0.376. The molecule has 7 heterocycles. The van der Waals surface area contributed by atoms with Crippen molar-refractivity contribution >= 4 is 92.1 Å². The highest BCUT2D eigenvalue weighted by molar-refractivity contribution is 7.81. The van der Waals surface area contributed by atoms with Crippen LogP contribution in [-0.2, 0) is 9.47 Å². The van der Waals surface area contributed by atoms with Gasteiger partial charge in [-0.25, -0.2) is 9.97 Å². The summed E-state index contributed by atoms with van der Waals surface area (Å²) in [6, 6.07) is 29.1. The molecule has 230 valence electrons. The molecule has 2 aromatic carbocycles. The number of thiocarbonyl (C=S) groups is 2. The number of benzene rings is 2. The topological polar surface area (TPSA) is 75.8 Å². The van der Waals surface area contributed by atoms with Gasteiger partial charge in [0.15, 0.2) is 10.1 Å². The first kappa shape index (κ1) is 28.5. The molecule has 4 aliphatic heterocycles. The molecule has 2 N–H and O–H groups in total. The van der Waals surface area contributed by atoms with Crippen molar-refractivity contribution in [2.75, 3.05) is 13.2 Å². The van der Waals surface area contributed by atoms with E-state index in [1.165, 1.54) is 0 Å². The van der Waals surface area contributed by atoms with Crippen LogP contribution in [0, 0.1) is 0 Å². The number of rotatable bonds is 4. The third kappa shape index (κ3) is 4.76. The highest BCUT2D eigenvalue weighted by Gasteiger charge is 2.25. The van der Waals surface area contributed by atoms with Crippen molar-refractivity contribution < 1.29 is 9.47 Å². The quantitative estimate of drug-likeness (QED) is 0.184. The molecule has 48 heavy (non-hydrogen) atoms. The number of nitrogens with one attached hydrogen (secondary N) is 2. The predicted octanol–water partition coefficient (Wildman–Crippen LogP) is 9.47. The Kier molecular flexibility index (Phi) is 6.85. The summed E-state index contributed by atoms with van der Waals surface area (Å²) >= 11 is 11.4. The van der Waals surface area contributed by atoms with Gasteiger partial charge in [0.05, 0.1) is 22.8 Å². The van der Waals surface area contributed by atoms with Crippen LogP contribution in [0.15, 0.2) is 97.1 Å². The van der Waals surface area contributed by atoms with Gasteiger partial charge in [-0.1, -0.05) is 60.7 Å². The van der Waals surface area contributed by atoms with Gasteiger partial charge in [-0.2, -0.15) is 0 Å². The Bertz CT molecular complexity index is 2320. The van der Waals surface area contributed by atoms with E-state index in [1.54, 1.807) is 0 Å². The fraction of sp³-hybridized carbons (Fsp3) is 0.0500. The van der Waals surface area contributed by atoms with Gasteiger partial charge >= 0.3 is 0 Å². The zero-order valence-electron chi connectivity index (χ0n) is 25.5. The molecule has 0 amide bonds. The van der Waals surface area contributed by atoms with Crippen LogP contribution in [0.25, 0.3) is 79.8 Å². The fourth-order valence-electron chi connectivity index (χ4n) is 6.72. The Morgan fingerprint density at radius 3 is 1.17 bits per heavy atom. The summed E-state index contributed by atoms with van der Waals surface area (Å²) in [5.74, 6) is 0.